The van der Waals surface area contributed by atoms with Crippen molar-refractivity contribution in [3.05, 3.63) is 105 Å². The first-order chi connectivity index (χ1) is 17.5. The van der Waals surface area contributed by atoms with E-state index >= 15 is 0 Å². The molecule has 3 aromatic rings. The van der Waals surface area contributed by atoms with Crippen molar-refractivity contribution >= 4 is 63.2 Å². The molecule has 2 N–H and O–H groups in total. The lowest BCUT2D eigenvalue weighted by molar-refractivity contribution is -0.139. The Morgan fingerprint density at radius 2 is 1.86 bits per heavy atom. The number of allylic oxidation sites excluding steroid dienone is 4. The summed E-state index contributed by atoms with van der Waals surface area (Å²) in [6, 6.07) is 10.0. The largest absolute Gasteiger partial charge is 0.497 e. The topological polar surface area (TPSA) is 88.5 Å². The van der Waals surface area contributed by atoms with Crippen molar-refractivity contribution in [2.75, 3.05) is 7.11 Å². The van der Waals surface area contributed by atoms with Crippen molar-refractivity contribution in [2.45, 2.75) is 19.4 Å². The summed E-state index contributed by atoms with van der Waals surface area (Å²) in [6.45, 7) is 5.13. The molecule has 192 valence electrons. The van der Waals surface area contributed by atoms with E-state index in [-0.39, 0.29) is 32.8 Å². The van der Waals surface area contributed by atoms with Crippen LogP contribution < -0.4 is 5.32 Å². The van der Waals surface area contributed by atoms with Gasteiger partial charge in [-0.25, -0.2) is 9.18 Å². The number of carboxylic acids is 1. The van der Waals surface area contributed by atoms with Gasteiger partial charge in [0.25, 0.3) is 5.91 Å². The summed E-state index contributed by atoms with van der Waals surface area (Å²) >= 11 is 18.6. The molecule has 1 amide bonds. The third kappa shape index (κ3) is 6.49. The number of methoxy groups -OCH3 is 1. The molecule has 37 heavy (non-hydrogen) atoms. The zero-order valence-corrected chi connectivity index (χ0v) is 22.1. The van der Waals surface area contributed by atoms with Crippen LogP contribution in [0.15, 0.2) is 77.9 Å². The van der Waals surface area contributed by atoms with Crippen LogP contribution in [0.5, 0.6) is 0 Å². The third-order valence-corrected chi connectivity index (χ3v) is 6.36. The van der Waals surface area contributed by atoms with E-state index in [1.54, 1.807) is 36.5 Å². The molecule has 0 saturated carbocycles. The fraction of sp³-hybridized carbons (Fsp3) is 0.148. The molecule has 3 rings (SSSR count). The molecule has 0 unspecified atom stereocenters. The molecule has 1 heterocycles. The zero-order valence-electron chi connectivity index (χ0n) is 19.8. The lowest BCUT2D eigenvalue weighted by Gasteiger charge is -2.19. The van der Waals surface area contributed by atoms with Crippen LogP contribution in [0.4, 0.5) is 4.39 Å². The van der Waals surface area contributed by atoms with Gasteiger partial charge < -0.3 is 15.2 Å². The van der Waals surface area contributed by atoms with E-state index in [1.165, 1.54) is 26.2 Å². The number of pyridine rings is 1. The average molecular weight is 564 g/mol. The van der Waals surface area contributed by atoms with Crippen molar-refractivity contribution in [1.82, 2.24) is 10.3 Å². The van der Waals surface area contributed by atoms with Crippen molar-refractivity contribution in [1.29, 1.82) is 0 Å². The number of benzene rings is 2. The highest BCUT2D eigenvalue weighted by molar-refractivity contribution is 6.39. The number of aromatic nitrogens is 1. The standard InChI is InChI=1S/C27H22Cl3FN2O4/c1-14(31)12-21(30)23(15(2)37-3)17-10-9-16(25-18(17)6-5-11-32-25)13-22(27(35)36)33-26(34)24-19(28)7-4-8-20(24)29/h4-12,22H,2,13H2,1,3H3,(H,33,34)(H,35,36)/b14-12+,23-21-/t22-/m0/s1. The quantitative estimate of drug-likeness (QED) is 0.217. The second-order valence-corrected chi connectivity index (χ2v) is 9.14. The van der Waals surface area contributed by atoms with Gasteiger partial charge in [0.1, 0.15) is 11.8 Å². The van der Waals surface area contributed by atoms with Crippen molar-refractivity contribution in [3.8, 4) is 0 Å². The van der Waals surface area contributed by atoms with Gasteiger partial charge in [0.15, 0.2) is 0 Å². The summed E-state index contributed by atoms with van der Waals surface area (Å²) in [7, 11) is 1.42. The number of hydrogen-bond donors (Lipinski definition) is 2. The number of nitrogens with one attached hydrogen (secondary N) is 1. The predicted molar refractivity (Wildman–Crippen MR) is 145 cm³/mol. The fourth-order valence-corrected chi connectivity index (χ4v) is 4.67. The van der Waals surface area contributed by atoms with Crippen LogP contribution in [0.1, 0.15) is 28.4 Å². The summed E-state index contributed by atoms with van der Waals surface area (Å²) in [5.41, 5.74) is 1.88. The van der Waals surface area contributed by atoms with Crippen molar-refractivity contribution in [3.63, 3.8) is 0 Å². The number of rotatable bonds is 9. The van der Waals surface area contributed by atoms with Gasteiger partial charge in [0, 0.05) is 23.6 Å². The lowest BCUT2D eigenvalue weighted by Crippen LogP contribution is -2.42. The molecule has 1 aromatic heterocycles. The maximum atomic E-state index is 13.6. The molecule has 0 spiro atoms. The lowest BCUT2D eigenvalue weighted by atomic mass is 9.94. The summed E-state index contributed by atoms with van der Waals surface area (Å²) in [4.78, 5) is 29.3. The number of carboxylic acid groups (broad SMARTS) is 1. The Hall–Kier alpha value is -3.39. The Bertz CT molecular complexity index is 1430. The SMILES string of the molecule is C=C(OC)/C(=C(Cl)\C=C(/C)F)c1ccc(C[C@H](NC(=O)c2c(Cl)cccc2Cl)C(=O)O)c2ncccc12. The molecule has 0 fully saturated rings. The molecule has 0 radical (unpaired) electrons. The summed E-state index contributed by atoms with van der Waals surface area (Å²) < 4.78 is 18.9. The Morgan fingerprint density at radius 3 is 2.46 bits per heavy atom. The van der Waals surface area contributed by atoms with E-state index in [4.69, 9.17) is 39.5 Å². The zero-order chi connectivity index (χ0) is 27.3. The molecule has 10 heteroatoms. The highest BCUT2D eigenvalue weighted by atomic mass is 35.5. The van der Waals surface area contributed by atoms with Gasteiger partial charge >= 0.3 is 5.97 Å². The molecule has 0 aliphatic rings. The van der Waals surface area contributed by atoms with Crippen LogP contribution in [0.2, 0.25) is 10.0 Å². The van der Waals surface area contributed by atoms with Crippen LogP contribution in [-0.2, 0) is 16.0 Å². The fourth-order valence-electron chi connectivity index (χ4n) is 3.74. The second-order valence-electron chi connectivity index (χ2n) is 7.92. The number of halogens is 4. The minimum Gasteiger partial charge on any atom is -0.497 e. The number of amides is 1. The second kappa shape index (κ2) is 12.2. The van der Waals surface area contributed by atoms with E-state index in [1.807, 2.05) is 0 Å². The number of carbonyl (C=O) groups is 2. The Balaban J connectivity index is 2.07. The number of hydrogen-bond acceptors (Lipinski definition) is 4. The van der Waals surface area contributed by atoms with Gasteiger partial charge in [0.2, 0.25) is 0 Å². The predicted octanol–water partition coefficient (Wildman–Crippen LogP) is 6.95. The van der Waals surface area contributed by atoms with Crippen LogP contribution in [0.3, 0.4) is 0 Å². The normalized spacial score (nSPS) is 13.1. The first-order valence-electron chi connectivity index (χ1n) is 10.9. The van der Waals surface area contributed by atoms with E-state index in [0.717, 1.165) is 6.08 Å². The Morgan fingerprint density at radius 1 is 1.19 bits per heavy atom. The van der Waals surface area contributed by atoms with Crippen molar-refractivity contribution in [2.24, 2.45) is 0 Å². The number of nitrogens with zero attached hydrogens (tertiary/aromatic N) is 1. The Kier molecular flexibility index (Phi) is 9.32. The molecule has 0 aliphatic carbocycles. The summed E-state index contributed by atoms with van der Waals surface area (Å²) in [5, 5.41) is 13.2. The number of aliphatic carboxylic acids is 1. The van der Waals surface area contributed by atoms with E-state index in [9.17, 15) is 19.1 Å². The molecule has 0 bridgehead atoms. The van der Waals surface area contributed by atoms with Gasteiger partial charge in [-0.05, 0) is 42.3 Å². The maximum absolute atomic E-state index is 13.6. The van der Waals surface area contributed by atoms with Crippen LogP contribution in [0.25, 0.3) is 16.5 Å². The first kappa shape index (κ1) is 28.2. The first-order valence-corrected chi connectivity index (χ1v) is 12.0. The van der Waals surface area contributed by atoms with Gasteiger partial charge in [-0.2, -0.15) is 0 Å². The molecule has 6 nitrogen and oxygen atoms in total. The summed E-state index contributed by atoms with van der Waals surface area (Å²) in [6.07, 6.45) is 2.60. The van der Waals surface area contributed by atoms with Crippen LogP contribution >= 0.6 is 34.8 Å². The average Bonchev–Trinajstić information content (AvgIpc) is 2.84. The highest BCUT2D eigenvalue weighted by Gasteiger charge is 2.25. The van der Waals surface area contributed by atoms with Crippen LogP contribution in [0, 0.1) is 0 Å². The number of fused-ring (bicyclic) bond motifs is 1. The number of carbonyl (C=O) groups excluding carboxylic acids is 1. The van der Waals surface area contributed by atoms with E-state index < -0.39 is 23.7 Å². The maximum Gasteiger partial charge on any atom is 0.326 e. The number of ether oxygens (including phenoxy) is 1. The van der Waals surface area contributed by atoms with Crippen LogP contribution in [-0.4, -0.2) is 35.1 Å². The smallest absolute Gasteiger partial charge is 0.326 e. The van der Waals surface area contributed by atoms with Gasteiger partial charge in [-0.3, -0.25) is 9.78 Å². The van der Waals surface area contributed by atoms with Gasteiger partial charge in [-0.1, -0.05) is 65.6 Å². The van der Waals surface area contributed by atoms with Gasteiger partial charge in [0.05, 0.1) is 39.1 Å². The Labute approximate surface area is 228 Å². The third-order valence-electron chi connectivity index (χ3n) is 5.43. The monoisotopic (exact) mass is 562 g/mol. The molecule has 1 atom stereocenters. The molecule has 2 aromatic carbocycles. The highest BCUT2D eigenvalue weighted by Crippen LogP contribution is 2.35. The minimum atomic E-state index is -1.32. The summed E-state index contributed by atoms with van der Waals surface area (Å²) in [5.74, 6) is -2.29. The molecular formula is C27H22Cl3FN2O4. The van der Waals surface area contributed by atoms with E-state index in [2.05, 4.69) is 16.9 Å². The molecular weight excluding hydrogens is 542 g/mol. The van der Waals surface area contributed by atoms with Gasteiger partial charge in [-0.15, -0.1) is 0 Å². The molecule has 0 saturated heterocycles. The van der Waals surface area contributed by atoms with Crippen molar-refractivity contribution < 1.29 is 23.8 Å². The molecule has 0 aliphatic heterocycles. The minimum absolute atomic E-state index is 0.0193. The van der Waals surface area contributed by atoms with E-state index in [0.29, 0.717) is 27.6 Å².